The second-order valence-corrected chi connectivity index (χ2v) is 10.1. The van der Waals surface area contributed by atoms with Crippen molar-refractivity contribution in [2.45, 2.75) is 31.1 Å². The van der Waals surface area contributed by atoms with Crippen LogP contribution >= 0.6 is 23.4 Å². The quantitative estimate of drug-likeness (QED) is 0.707. The fourth-order valence-corrected chi connectivity index (χ4v) is 7.41. The first kappa shape index (κ1) is 20.3. The van der Waals surface area contributed by atoms with Gasteiger partial charge in [0.25, 0.3) is 0 Å². The van der Waals surface area contributed by atoms with Crippen LogP contribution in [0.5, 0.6) is 11.5 Å². The van der Waals surface area contributed by atoms with E-state index in [0.29, 0.717) is 40.2 Å². The fourth-order valence-electron chi connectivity index (χ4n) is 3.26. The van der Waals surface area contributed by atoms with Crippen molar-refractivity contribution in [3.63, 3.8) is 0 Å². The Morgan fingerprint density at radius 2 is 2.00 bits per heavy atom. The SMILES string of the molecule is CCCC(=O)N=C1SC2CS(=O)(=O)CC2N1c1cc(Cl)c(OC)cc1OC. The fraction of sp³-hybridized carbons (Fsp3) is 0.529. The Morgan fingerprint density at radius 3 is 2.63 bits per heavy atom. The largest absolute Gasteiger partial charge is 0.495 e. The van der Waals surface area contributed by atoms with E-state index in [1.807, 2.05) is 6.92 Å². The van der Waals surface area contributed by atoms with Crippen LogP contribution in [0.2, 0.25) is 5.02 Å². The number of amides is 1. The number of sulfone groups is 1. The van der Waals surface area contributed by atoms with Crippen LogP contribution in [-0.2, 0) is 14.6 Å². The first-order valence-electron chi connectivity index (χ1n) is 8.49. The van der Waals surface area contributed by atoms with Gasteiger partial charge < -0.3 is 14.4 Å². The molecule has 0 aromatic heterocycles. The lowest BCUT2D eigenvalue weighted by Gasteiger charge is -2.26. The monoisotopic (exact) mass is 432 g/mol. The molecule has 2 fully saturated rings. The Balaban J connectivity index is 2.10. The van der Waals surface area contributed by atoms with Crippen LogP contribution in [-0.4, -0.2) is 56.5 Å². The molecule has 0 aliphatic carbocycles. The van der Waals surface area contributed by atoms with E-state index in [2.05, 4.69) is 4.99 Å². The molecule has 2 aliphatic heterocycles. The molecule has 1 aromatic carbocycles. The first-order valence-corrected chi connectivity index (χ1v) is 11.6. The molecular formula is C17H21ClN2O5S2. The molecule has 2 saturated heterocycles. The molecular weight excluding hydrogens is 412 g/mol. The molecule has 148 valence electrons. The van der Waals surface area contributed by atoms with Crippen LogP contribution in [0.4, 0.5) is 5.69 Å². The molecule has 0 radical (unpaired) electrons. The number of benzene rings is 1. The van der Waals surface area contributed by atoms with Gasteiger partial charge in [-0.25, -0.2) is 8.42 Å². The number of rotatable bonds is 5. The first-order chi connectivity index (χ1) is 12.8. The standard InChI is InChI=1S/C17H21ClN2O5S2/c1-4-5-16(21)19-17-20(12-8-27(22,23)9-15(12)26-17)11-6-10(18)13(24-2)7-14(11)25-3/h6-7,12,15H,4-5,8-9H2,1-3H3. The molecule has 3 rings (SSSR count). The van der Waals surface area contributed by atoms with Gasteiger partial charge in [-0.2, -0.15) is 4.99 Å². The maximum atomic E-state index is 12.2. The van der Waals surface area contributed by atoms with E-state index < -0.39 is 9.84 Å². The normalized spacial score (nSPS) is 24.9. The molecule has 1 aromatic rings. The van der Waals surface area contributed by atoms with Gasteiger partial charge in [-0.1, -0.05) is 30.3 Å². The van der Waals surface area contributed by atoms with Gasteiger partial charge in [0, 0.05) is 17.7 Å². The smallest absolute Gasteiger partial charge is 0.248 e. The summed E-state index contributed by atoms with van der Waals surface area (Å²) in [6, 6.07) is 2.98. The van der Waals surface area contributed by atoms with Gasteiger partial charge in [-0.3, -0.25) is 4.79 Å². The summed E-state index contributed by atoms with van der Waals surface area (Å²) in [6.45, 7) is 1.91. The molecule has 0 spiro atoms. The number of ether oxygens (including phenoxy) is 2. The topological polar surface area (TPSA) is 85.3 Å². The summed E-state index contributed by atoms with van der Waals surface area (Å²) in [7, 11) is -0.139. The zero-order valence-electron chi connectivity index (χ0n) is 15.3. The van der Waals surface area contributed by atoms with Crippen LogP contribution in [0, 0.1) is 0 Å². The average Bonchev–Trinajstić information content (AvgIpc) is 3.05. The predicted molar refractivity (Wildman–Crippen MR) is 108 cm³/mol. The second-order valence-electron chi connectivity index (χ2n) is 6.37. The van der Waals surface area contributed by atoms with Crippen molar-refractivity contribution < 1.29 is 22.7 Å². The molecule has 0 N–H and O–H groups in total. The minimum absolute atomic E-state index is 0.00153. The zero-order chi connectivity index (χ0) is 19.8. The summed E-state index contributed by atoms with van der Waals surface area (Å²) in [5.74, 6) is 0.744. The van der Waals surface area contributed by atoms with Gasteiger partial charge in [0.2, 0.25) is 5.91 Å². The molecule has 7 nitrogen and oxygen atoms in total. The van der Waals surface area contributed by atoms with Gasteiger partial charge in [-0.15, -0.1) is 0 Å². The van der Waals surface area contributed by atoms with Crippen molar-refractivity contribution in [2.75, 3.05) is 30.6 Å². The van der Waals surface area contributed by atoms with Crippen molar-refractivity contribution in [3.05, 3.63) is 17.2 Å². The number of fused-ring (bicyclic) bond motifs is 1. The summed E-state index contributed by atoms with van der Waals surface area (Å²) >= 11 is 7.62. The number of halogens is 1. The third-order valence-corrected chi connectivity index (χ3v) is 7.97. The van der Waals surface area contributed by atoms with Crippen molar-refractivity contribution >= 4 is 50.0 Å². The number of carbonyl (C=O) groups is 1. The van der Waals surface area contributed by atoms with E-state index in [1.165, 1.54) is 26.0 Å². The second kappa shape index (κ2) is 7.89. The minimum Gasteiger partial charge on any atom is -0.495 e. The zero-order valence-corrected chi connectivity index (χ0v) is 17.7. The lowest BCUT2D eigenvalue weighted by Crippen LogP contribution is -2.38. The third kappa shape index (κ3) is 4.05. The summed E-state index contributed by atoms with van der Waals surface area (Å²) in [4.78, 5) is 18.1. The highest BCUT2D eigenvalue weighted by molar-refractivity contribution is 8.16. The maximum absolute atomic E-state index is 12.2. The van der Waals surface area contributed by atoms with E-state index in [0.717, 1.165) is 0 Å². The van der Waals surface area contributed by atoms with Crippen LogP contribution in [0.25, 0.3) is 0 Å². The number of aliphatic imine (C=N–C) groups is 1. The van der Waals surface area contributed by atoms with E-state index >= 15 is 0 Å². The Kier molecular flexibility index (Phi) is 5.93. The van der Waals surface area contributed by atoms with Crippen LogP contribution in [0.15, 0.2) is 17.1 Å². The highest BCUT2D eigenvalue weighted by Gasteiger charge is 2.50. The van der Waals surface area contributed by atoms with Gasteiger partial charge in [0.1, 0.15) is 11.5 Å². The lowest BCUT2D eigenvalue weighted by molar-refractivity contribution is -0.117. The molecule has 0 bridgehead atoms. The van der Waals surface area contributed by atoms with Crippen molar-refractivity contribution in [2.24, 2.45) is 4.99 Å². The predicted octanol–water partition coefficient (Wildman–Crippen LogP) is 2.76. The van der Waals surface area contributed by atoms with Gasteiger partial charge >= 0.3 is 0 Å². The van der Waals surface area contributed by atoms with Crippen LogP contribution in [0.3, 0.4) is 0 Å². The summed E-state index contributed by atoms with van der Waals surface area (Å²) in [6.07, 6.45) is 1.03. The number of amidine groups is 1. The number of thioether (sulfide) groups is 1. The molecule has 2 unspecified atom stereocenters. The molecule has 1 amide bonds. The maximum Gasteiger partial charge on any atom is 0.248 e. The molecule has 27 heavy (non-hydrogen) atoms. The van der Waals surface area contributed by atoms with Gasteiger partial charge in [0.05, 0.1) is 42.5 Å². The molecule has 0 saturated carbocycles. The number of methoxy groups -OCH3 is 2. The minimum atomic E-state index is -3.15. The van der Waals surface area contributed by atoms with E-state index in [9.17, 15) is 13.2 Å². The molecule has 2 atom stereocenters. The summed E-state index contributed by atoms with van der Waals surface area (Å²) < 4.78 is 35.0. The van der Waals surface area contributed by atoms with Crippen molar-refractivity contribution in [3.8, 4) is 11.5 Å². The Labute approximate surface area is 168 Å². The highest BCUT2D eigenvalue weighted by Crippen LogP contribution is 2.46. The highest BCUT2D eigenvalue weighted by atomic mass is 35.5. The van der Waals surface area contributed by atoms with Crippen molar-refractivity contribution in [1.82, 2.24) is 0 Å². The molecule has 2 aliphatic rings. The van der Waals surface area contributed by atoms with E-state index in [1.54, 1.807) is 17.0 Å². The average molecular weight is 433 g/mol. The summed E-state index contributed by atoms with van der Waals surface area (Å²) in [5.41, 5.74) is 0.573. The number of hydrogen-bond donors (Lipinski definition) is 0. The third-order valence-electron chi connectivity index (χ3n) is 4.46. The number of hydrogen-bond acceptors (Lipinski definition) is 6. The lowest BCUT2D eigenvalue weighted by atomic mass is 10.2. The summed E-state index contributed by atoms with van der Waals surface area (Å²) in [5, 5.41) is 0.661. The van der Waals surface area contributed by atoms with Gasteiger partial charge in [0.15, 0.2) is 15.0 Å². The molecule has 2 heterocycles. The number of nitrogens with zero attached hydrogens (tertiary/aromatic N) is 2. The van der Waals surface area contributed by atoms with E-state index in [4.69, 9.17) is 21.1 Å². The van der Waals surface area contributed by atoms with E-state index in [-0.39, 0.29) is 28.7 Å². The van der Waals surface area contributed by atoms with Crippen molar-refractivity contribution in [1.29, 1.82) is 0 Å². The van der Waals surface area contributed by atoms with Crippen LogP contribution in [0.1, 0.15) is 19.8 Å². The van der Waals surface area contributed by atoms with Crippen LogP contribution < -0.4 is 14.4 Å². The Hall–Kier alpha value is -1.45. The van der Waals surface area contributed by atoms with Gasteiger partial charge in [-0.05, 0) is 12.5 Å². The number of carbonyl (C=O) groups excluding carboxylic acids is 1. The Morgan fingerprint density at radius 1 is 1.30 bits per heavy atom. The number of anilines is 1. The Bertz CT molecular complexity index is 888. The molecule has 10 heteroatoms.